The van der Waals surface area contributed by atoms with Crippen molar-refractivity contribution >= 4 is 71.7 Å². The third-order valence-electron chi connectivity index (χ3n) is 13.7. The predicted molar refractivity (Wildman–Crippen MR) is 267 cm³/mol. The van der Waals surface area contributed by atoms with Gasteiger partial charge in [-0.05, 0) is 104 Å². The van der Waals surface area contributed by atoms with Crippen molar-refractivity contribution in [2.75, 3.05) is 4.90 Å². The van der Waals surface area contributed by atoms with Gasteiger partial charge in [0.15, 0.2) is 0 Å². The molecule has 2 heterocycles. The second-order valence-corrected chi connectivity index (χ2v) is 17.6. The zero-order valence-corrected chi connectivity index (χ0v) is 35.5. The van der Waals surface area contributed by atoms with Gasteiger partial charge in [-0.2, -0.15) is 0 Å². The van der Waals surface area contributed by atoms with Gasteiger partial charge < -0.3 is 13.7 Å². The quantitative estimate of drug-likeness (QED) is 0.167. The van der Waals surface area contributed by atoms with E-state index in [0.717, 1.165) is 88.6 Å². The Labute approximate surface area is 371 Å². The molecule has 0 bridgehead atoms. The smallest absolute Gasteiger partial charge is 0.143 e. The van der Waals surface area contributed by atoms with Gasteiger partial charge in [0.25, 0.3) is 0 Å². The number of furan rings is 2. The molecule has 302 valence electrons. The van der Waals surface area contributed by atoms with Crippen LogP contribution in [0.5, 0.6) is 0 Å². The molecule has 1 aliphatic carbocycles. The van der Waals surface area contributed by atoms with Gasteiger partial charge in [0.05, 0.1) is 5.69 Å². The molecule has 0 atom stereocenters. The summed E-state index contributed by atoms with van der Waals surface area (Å²) < 4.78 is 13.0. The van der Waals surface area contributed by atoms with Gasteiger partial charge in [0, 0.05) is 54.8 Å². The Hall–Kier alpha value is -8.14. The van der Waals surface area contributed by atoms with Crippen molar-refractivity contribution in [3.63, 3.8) is 0 Å². The molecule has 2 aromatic heterocycles. The number of fused-ring (bicyclic) bond motifs is 11. The van der Waals surface area contributed by atoms with E-state index in [0.29, 0.717) is 0 Å². The topological polar surface area (TPSA) is 29.5 Å². The summed E-state index contributed by atoms with van der Waals surface area (Å²) in [6, 6.07) is 76.6. The molecule has 0 fully saturated rings. The van der Waals surface area contributed by atoms with Gasteiger partial charge in [-0.1, -0.05) is 172 Å². The molecule has 0 spiro atoms. The minimum absolute atomic E-state index is 0.116. The van der Waals surface area contributed by atoms with Crippen molar-refractivity contribution < 1.29 is 8.83 Å². The molecule has 64 heavy (non-hydrogen) atoms. The maximum atomic E-state index is 6.55. The van der Waals surface area contributed by atoms with Crippen molar-refractivity contribution in [1.82, 2.24) is 0 Å². The van der Waals surface area contributed by atoms with Crippen molar-refractivity contribution in [3.8, 4) is 44.5 Å². The SMILES string of the molecule is CC1(C)c2ccccc2-c2cccc(-c3ccc(N(c4ccc(-c5cccc6c5oc5ccccc56)cc4)c4ccccc4-c4ccc5oc6c7ccccc7ccc6c5c4)cc3)c21. The van der Waals surface area contributed by atoms with E-state index in [2.05, 4.69) is 219 Å². The van der Waals surface area contributed by atoms with E-state index >= 15 is 0 Å². The lowest BCUT2D eigenvalue weighted by atomic mass is 9.79. The normalized spacial score (nSPS) is 13.0. The highest BCUT2D eigenvalue weighted by Crippen LogP contribution is 2.52. The van der Waals surface area contributed by atoms with Crippen molar-refractivity contribution in [2.45, 2.75) is 19.3 Å². The van der Waals surface area contributed by atoms with Gasteiger partial charge in [0.1, 0.15) is 22.3 Å². The van der Waals surface area contributed by atoms with Crippen molar-refractivity contribution in [2.24, 2.45) is 0 Å². The summed E-state index contributed by atoms with van der Waals surface area (Å²) in [7, 11) is 0. The number of rotatable bonds is 6. The van der Waals surface area contributed by atoms with Crippen LogP contribution >= 0.6 is 0 Å². The fourth-order valence-electron chi connectivity index (χ4n) is 10.7. The summed E-state index contributed by atoms with van der Waals surface area (Å²) in [5, 5.41) is 6.78. The fourth-order valence-corrected chi connectivity index (χ4v) is 10.7. The molecular formula is C61H41NO2. The summed E-state index contributed by atoms with van der Waals surface area (Å²) in [6.07, 6.45) is 0. The molecule has 0 amide bonds. The minimum Gasteiger partial charge on any atom is -0.455 e. The first-order valence-corrected chi connectivity index (χ1v) is 22.1. The van der Waals surface area contributed by atoms with Crippen LogP contribution in [0.3, 0.4) is 0 Å². The van der Waals surface area contributed by atoms with Crippen LogP contribution in [0.1, 0.15) is 25.0 Å². The molecule has 3 heteroatoms. The lowest BCUT2D eigenvalue weighted by Crippen LogP contribution is -2.16. The van der Waals surface area contributed by atoms with E-state index in [1.807, 2.05) is 12.1 Å². The summed E-state index contributed by atoms with van der Waals surface area (Å²) in [6.45, 7) is 4.72. The zero-order valence-electron chi connectivity index (χ0n) is 35.5. The summed E-state index contributed by atoms with van der Waals surface area (Å²) >= 11 is 0. The lowest BCUT2D eigenvalue weighted by Gasteiger charge is -2.28. The molecule has 12 aromatic rings. The second-order valence-electron chi connectivity index (χ2n) is 17.6. The molecule has 0 unspecified atom stereocenters. The van der Waals surface area contributed by atoms with E-state index in [-0.39, 0.29) is 5.41 Å². The van der Waals surface area contributed by atoms with Gasteiger partial charge in [0.2, 0.25) is 0 Å². The molecule has 0 aliphatic heterocycles. The highest BCUT2D eigenvalue weighted by atomic mass is 16.3. The summed E-state index contributed by atoms with van der Waals surface area (Å²) in [4.78, 5) is 2.39. The number of para-hydroxylation sites is 3. The van der Waals surface area contributed by atoms with Crippen LogP contribution in [-0.4, -0.2) is 0 Å². The van der Waals surface area contributed by atoms with Crippen LogP contribution in [0, 0.1) is 0 Å². The Morgan fingerprint density at radius 2 is 0.922 bits per heavy atom. The van der Waals surface area contributed by atoms with Gasteiger partial charge in [-0.3, -0.25) is 0 Å². The zero-order chi connectivity index (χ0) is 42.5. The van der Waals surface area contributed by atoms with Crippen LogP contribution in [0.2, 0.25) is 0 Å². The maximum absolute atomic E-state index is 6.55. The standard InChI is InChI=1S/C61H41NO2/c1-61(2)54-22-8-5-16-48(54)50-20-11-18-45(58(50)61)39-25-31-42(32-26-39)62(43-33-27-40(28-34-43)47-19-12-21-51-49-17-7-10-24-56(49)63-59(47)51)55-23-9-6-14-44(55)41-30-36-57-53(37-41)52-35-29-38-13-3-4-15-46(38)60(52)64-57/h3-37H,1-2H3. The second kappa shape index (κ2) is 13.9. The number of benzene rings is 10. The number of anilines is 3. The van der Waals surface area contributed by atoms with Crippen LogP contribution < -0.4 is 4.90 Å². The minimum atomic E-state index is -0.116. The molecule has 1 aliphatic rings. The van der Waals surface area contributed by atoms with Crippen molar-refractivity contribution in [3.05, 3.63) is 223 Å². The lowest BCUT2D eigenvalue weighted by molar-refractivity contribution is 0.662. The Morgan fingerprint density at radius 3 is 1.75 bits per heavy atom. The Balaban J connectivity index is 0.957. The first-order chi connectivity index (χ1) is 31.5. The summed E-state index contributed by atoms with van der Waals surface area (Å²) in [5.74, 6) is 0. The fraction of sp³-hybridized carbons (Fsp3) is 0.0492. The Morgan fingerprint density at radius 1 is 0.359 bits per heavy atom. The maximum Gasteiger partial charge on any atom is 0.143 e. The van der Waals surface area contributed by atoms with E-state index in [9.17, 15) is 0 Å². The molecule has 3 nitrogen and oxygen atoms in total. The summed E-state index contributed by atoms with van der Waals surface area (Å²) in [5.41, 5.74) is 19.0. The van der Waals surface area contributed by atoms with Gasteiger partial charge in [-0.25, -0.2) is 0 Å². The van der Waals surface area contributed by atoms with Crippen molar-refractivity contribution in [1.29, 1.82) is 0 Å². The molecule has 0 N–H and O–H groups in total. The predicted octanol–water partition coefficient (Wildman–Crippen LogP) is 17.4. The molecule has 0 saturated carbocycles. The van der Waals surface area contributed by atoms with Crippen LogP contribution in [0.25, 0.3) is 99.2 Å². The first-order valence-electron chi connectivity index (χ1n) is 22.1. The number of hydrogen-bond donors (Lipinski definition) is 0. The van der Waals surface area contributed by atoms with E-state index in [1.165, 1.54) is 38.8 Å². The van der Waals surface area contributed by atoms with Gasteiger partial charge >= 0.3 is 0 Å². The van der Waals surface area contributed by atoms with E-state index in [1.54, 1.807) is 0 Å². The molecule has 0 radical (unpaired) electrons. The molecule has 0 saturated heterocycles. The third-order valence-corrected chi connectivity index (χ3v) is 13.7. The average molecular weight is 820 g/mol. The molecule has 13 rings (SSSR count). The largest absolute Gasteiger partial charge is 0.455 e. The Bertz CT molecular complexity index is 3810. The van der Waals surface area contributed by atoms with E-state index in [4.69, 9.17) is 8.83 Å². The molecular weight excluding hydrogens is 779 g/mol. The average Bonchev–Trinajstić information content (AvgIpc) is 4.00. The number of hydrogen-bond acceptors (Lipinski definition) is 3. The van der Waals surface area contributed by atoms with Gasteiger partial charge in [-0.15, -0.1) is 0 Å². The Kier molecular flexibility index (Phi) is 7.95. The van der Waals surface area contributed by atoms with Crippen LogP contribution in [-0.2, 0) is 5.41 Å². The molecule has 10 aromatic carbocycles. The van der Waals surface area contributed by atoms with E-state index < -0.39 is 0 Å². The highest BCUT2D eigenvalue weighted by Gasteiger charge is 2.37. The van der Waals surface area contributed by atoms with Crippen LogP contribution in [0.15, 0.2) is 221 Å². The number of nitrogens with zero attached hydrogens (tertiary/aromatic N) is 1. The highest BCUT2D eigenvalue weighted by molar-refractivity contribution is 6.16. The van der Waals surface area contributed by atoms with Crippen LogP contribution in [0.4, 0.5) is 17.1 Å². The third kappa shape index (κ3) is 5.47. The first kappa shape index (κ1) is 36.5. The monoisotopic (exact) mass is 819 g/mol.